The van der Waals surface area contributed by atoms with Gasteiger partial charge in [-0.05, 0) is 61.2 Å². The van der Waals surface area contributed by atoms with Gasteiger partial charge >= 0.3 is 0 Å². The third kappa shape index (κ3) is 1.04. The first-order valence-corrected chi connectivity index (χ1v) is 6.72. The minimum Gasteiger partial charge on any atom is -0.0850 e. The molecule has 0 aromatic heterocycles. The molecule has 84 valence electrons. The summed E-state index contributed by atoms with van der Waals surface area (Å²) in [7, 11) is 0. The molecule has 4 aliphatic rings. The molecule has 4 bridgehead atoms. The summed E-state index contributed by atoms with van der Waals surface area (Å²) >= 11 is 0. The second kappa shape index (κ2) is 2.90. The summed E-state index contributed by atoms with van der Waals surface area (Å²) < 4.78 is 0. The quantitative estimate of drug-likeness (QED) is 0.559. The molecule has 0 aromatic carbocycles. The third-order valence-corrected chi connectivity index (χ3v) is 5.96. The van der Waals surface area contributed by atoms with Gasteiger partial charge in [-0.25, -0.2) is 0 Å². The fourth-order valence-electron chi connectivity index (χ4n) is 5.25. The van der Waals surface area contributed by atoms with Gasteiger partial charge in [-0.15, -0.1) is 0 Å². The number of hydrogen-bond acceptors (Lipinski definition) is 0. The Kier molecular flexibility index (Phi) is 1.92. The largest absolute Gasteiger partial charge is 0.0850 e. The van der Waals surface area contributed by atoms with Crippen molar-refractivity contribution in [2.75, 3.05) is 0 Å². The Hall–Kier alpha value is -0.260. The Morgan fingerprint density at radius 1 is 1.40 bits per heavy atom. The van der Waals surface area contributed by atoms with E-state index in [1.807, 2.05) is 0 Å². The number of fused-ring (bicyclic) bond motifs is 1. The molecular weight excluding hydrogens is 180 g/mol. The van der Waals surface area contributed by atoms with E-state index < -0.39 is 0 Å². The highest BCUT2D eigenvalue weighted by atomic mass is 14.7. The summed E-state index contributed by atoms with van der Waals surface area (Å²) in [5.74, 6) is 4.96. The molecule has 0 amide bonds. The van der Waals surface area contributed by atoms with Crippen LogP contribution in [-0.4, -0.2) is 0 Å². The summed E-state index contributed by atoms with van der Waals surface area (Å²) in [5.41, 5.74) is 2.42. The lowest BCUT2D eigenvalue weighted by Crippen LogP contribution is -2.63. The van der Waals surface area contributed by atoms with Crippen molar-refractivity contribution in [3.63, 3.8) is 0 Å². The lowest BCUT2D eigenvalue weighted by Gasteiger charge is -2.70. The van der Waals surface area contributed by atoms with E-state index in [0.717, 1.165) is 29.6 Å². The summed E-state index contributed by atoms with van der Waals surface area (Å²) in [6, 6.07) is 0. The van der Waals surface area contributed by atoms with Crippen LogP contribution in [-0.2, 0) is 0 Å². The van der Waals surface area contributed by atoms with Crippen molar-refractivity contribution in [3.8, 4) is 0 Å². The monoisotopic (exact) mass is 204 g/mol. The highest BCUT2D eigenvalue weighted by Gasteiger charge is 2.64. The van der Waals surface area contributed by atoms with Crippen molar-refractivity contribution in [2.45, 2.75) is 47.0 Å². The zero-order valence-electron chi connectivity index (χ0n) is 10.6. The maximum atomic E-state index is 2.56. The van der Waals surface area contributed by atoms with Crippen molar-refractivity contribution < 1.29 is 0 Å². The van der Waals surface area contributed by atoms with Crippen molar-refractivity contribution in [1.29, 1.82) is 0 Å². The molecule has 0 aromatic rings. The molecule has 2 unspecified atom stereocenters. The van der Waals surface area contributed by atoms with Gasteiger partial charge in [-0.1, -0.05) is 32.4 Å². The van der Waals surface area contributed by atoms with Gasteiger partial charge in [0.25, 0.3) is 0 Å². The predicted molar refractivity (Wildman–Crippen MR) is 64.5 cm³/mol. The van der Waals surface area contributed by atoms with E-state index in [1.54, 1.807) is 5.57 Å². The van der Waals surface area contributed by atoms with E-state index in [9.17, 15) is 0 Å². The fourth-order valence-corrected chi connectivity index (χ4v) is 5.25. The Labute approximate surface area is 94.1 Å². The van der Waals surface area contributed by atoms with E-state index in [2.05, 4.69) is 33.8 Å². The molecule has 0 N–H and O–H groups in total. The van der Waals surface area contributed by atoms with Gasteiger partial charge in [0.15, 0.2) is 0 Å². The average molecular weight is 204 g/mol. The molecule has 2 saturated carbocycles. The summed E-state index contributed by atoms with van der Waals surface area (Å²) in [4.78, 5) is 0. The molecule has 0 radical (unpaired) electrons. The normalized spacial score (nSPS) is 52.5. The zero-order chi connectivity index (χ0) is 10.8. The van der Waals surface area contributed by atoms with Crippen LogP contribution in [0.15, 0.2) is 11.6 Å². The van der Waals surface area contributed by atoms with Crippen LogP contribution in [0.4, 0.5) is 0 Å². The maximum Gasteiger partial charge on any atom is -0.0115 e. The van der Waals surface area contributed by atoms with E-state index in [0.29, 0.717) is 5.41 Å². The van der Waals surface area contributed by atoms with E-state index in [4.69, 9.17) is 0 Å². The van der Waals surface area contributed by atoms with Gasteiger partial charge in [-0.2, -0.15) is 0 Å². The molecule has 4 aliphatic carbocycles. The molecule has 0 heterocycles. The SMILES string of the molecule is CC1=CCC2[C@@H]3C1[C@@]2(C)CC[C@@H]3C(C)C. The van der Waals surface area contributed by atoms with Gasteiger partial charge in [0.2, 0.25) is 0 Å². The highest BCUT2D eigenvalue weighted by Crippen LogP contribution is 2.71. The van der Waals surface area contributed by atoms with Crippen molar-refractivity contribution >= 4 is 0 Å². The molecule has 0 nitrogen and oxygen atoms in total. The van der Waals surface area contributed by atoms with Crippen molar-refractivity contribution in [2.24, 2.45) is 35.0 Å². The second-order valence-electron chi connectivity index (χ2n) is 6.80. The van der Waals surface area contributed by atoms with Crippen molar-refractivity contribution in [1.82, 2.24) is 0 Å². The smallest absolute Gasteiger partial charge is 0.0115 e. The molecule has 0 heteroatoms. The number of hydrogen-bond donors (Lipinski definition) is 0. The summed E-state index contributed by atoms with van der Waals surface area (Å²) in [6.07, 6.45) is 6.90. The van der Waals surface area contributed by atoms with Crippen LogP contribution in [0.25, 0.3) is 0 Å². The Balaban J connectivity index is 1.95. The lowest BCUT2D eigenvalue weighted by molar-refractivity contribution is -0.181. The van der Waals surface area contributed by atoms with E-state index in [-0.39, 0.29) is 0 Å². The zero-order valence-corrected chi connectivity index (χ0v) is 10.6. The molecule has 2 fully saturated rings. The Morgan fingerprint density at radius 3 is 2.73 bits per heavy atom. The van der Waals surface area contributed by atoms with Crippen molar-refractivity contribution in [3.05, 3.63) is 11.6 Å². The van der Waals surface area contributed by atoms with E-state index >= 15 is 0 Å². The maximum absolute atomic E-state index is 2.56. The van der Waals surface area contributed by atoms with Crippen LogP contribution in [0, 0.1) is 35.0 Å². The van der Waals surface area contributed by atoms with Crippen LogP contribution < -0.4 is 0 Å². The van der Waals surface area contributed by atoms with Gasteiger partial charge < -0.3 is 0 Å². The third-order valence-electron chi connectivity index (χ3n) is 5.96. The second-order valence-corrected chi connectivity index (χ2v) is 6.80. The summed E-state index contributed by atoms with van der Waals surface area (Å²) in [6.45, 7) is 9.81. The van der Waals surface area contributed by atoms with Crippen LogP contribution >= 0.6 is 0 Å². The standard InChI is InChI=1S/C15H24/c1-9(2)11-7-8-15(4)12-6-5-10(3)14(15)13(11)12/h5,9,11-14H,6-8H2,1-4H3/t11-,12?,13-,14?,15+/m1/s1. The topological polar surface area (TPSA) is 0 Å². The lowest BCUT2D eigenvalue weighted by atomic mass is 9.34. The molecule has 5 atom stereocenters. The Morgan fingerprint density at radius 2 is 2.13 bits per heavy atom. The van der Waals surface area contributed by atoms with Gasteiger partial charge in [-0.3, -0.25) is 0 Å². The molecule has 4 rings (SSSR count). The number of rotatable bonds is 1. The highest BCUT2D eigenvalue weighted by molar-refractivity contribution is 5.28. The Bertz CT molecular complexity index is 312. The van der Waals surface area contributed by atoms with Gasteiger partial charge in [0, 0.05) is 0 Å². The summed E-state index contributed by atoms with van der Waals surface area (Å²) in [5, 5.41) is 0. The molecule has 0 aliphatic heterocycles. The van der Waals surface area contributed by atoms with E-state index in [1.165, 1.54) is 19.3 Å². The minimum absolute atomic E-state index is 0.703. The van der Waals surface area contributed by atoms with Crippen LogP contribution in [0.2, 0.25) is 0 Å². The first kappa shape index (κ1) is 9.93. The number of allylic oxidation sites excluding steroid dienone is 2. The minimum atomic E-state index is 0.703. The van der Waals surface area contributed by atoms with Gasteiger partial charge in [0.05, 0.1) is 0 Å². The molecular formula is C15H24. The molecule has 0 spiro atoms. The first-order valence-electron chi connectivity index (χ1n) is 6.72. The average Bonchev–Trinajstić information content (AvgIpc) is 2.17. The first-order chi connectivity index (χ1) is 7.05. The molecule has 15 heavy (non-hydrogen) atoms. The van der Waals surface area contributed by atoms with Crippen LogP contribution in [0.3, 0.4) is 0 Å². The van der Waals surface area contributed by atoms with Gasteiger partial charge in [0.1, 0.15) is 0 Å². The predicted octanol–water partition coefficient (Wildman–Crippen LogP) is 4.27. The molecule has 0 saturated heterocycles. The fraction of sp³-hybridized carbons (Fsp3) is 0.867. The van der Waals surface area contributed by atoms with Crippen LogP contribution in [0.1, 0.15) is 47.0 Å². The van der Waals surface area contributed by atoms with Crippen LogP contribution in [0.5, 0.6) is 0 Å².